The van der Waals surface area contributed by atoms with Gasteiger partial charge in [-0.15, -0.1) is 0 Å². The van der Waals surface area contributed by atoms with Gasteiger partial charge in [-0.25, -0.2) is 0 Å². The number of hydrogen-bond acceptors (Lipinski definition) is 6. The molecule has 148 valence electrons. The maximum atomic E-state index is 12.4. The fourth-order valence-electron chi connectivity index (χ4n) is 2.31. The van der Waals surface area contributed by atoms with Crippen LogP contribution in [0.15, 0.2) is 24.3 Å². The summed E-state index contributed by atoms with van der Waals surface area (Å²) in [6.45, 7) is 4.74. The minimum absolute atomic E-state index is 0.0561. The summed E-state index contributed by atoms with van der Waals surface area (Å²) in [6.07, 6.45) is 0.156. The number of carbonyl (C=O) groups excluding carboxylic acids is 1. The summed E-state index contributed by atoms with van der Waals surface area (Å²) in [6, 6.07) is 7.63. The van der Waals surface area contributed by atoms with Crippen LogP contribution in [0.3, 0.4) is 0 Å². The molecule has 2 unspecified atom stereocenters. The molecule has 0 aliphatic heterocycles. The Morgan fingerprint density at radius 3 is 2.33 bits per heavy atom. The van der Waals surface area contributed by atoms with Gasteiger partial charge in [0.15, 0.2) is 0 Å². The molecule has 1 rings (SSSR count). The first-order valence-electron chi connectivity index (χ1n) is 8.78. The molecule has 0 saturated carbocycles. The number of hydrogen-bond donors (Lipinski definition) is 2. The van der Waals surface area contributed by atoms with Crippen LogP contribution in [0.2, 0.25) is 0 Å². The SMILES string of the molecule is CCOCOCC(CC(COCC)C(=O)O)NC(=O)c1ccc(C#N)cc1. The number of nitrogens with zero attached hydrogens (tertiary/aromatic N) is 1. The predicted molar refractivity (Wildman–Crippen MR) is 97.1 cm³/mol. The van der Waals surface area contributed by atoms with E-state index in [2.05, 4.69) is 5.32 Å². The van der Waals surface area contributed by atoms with Crippen LogP contribution in [0.5, 0.6) is 0 Å². The van der Waals surface area contributed by atoms with Crippen molar-refractivity contribution in [2.75, 3.05) is 33.2 Å². The summed E-state index contributed by atoms with van der Waals surface area (Å²) < 4.78 is 15.7. The number of ether oxygens (including phenoxy) is 3. The van der Waals surface area contributed by atoms with Gasteiger partial charge in [0, 0.05) is 18.8 Å². The number of aliphatic carboxylic acids is 1. The summed E-state index contributed by atoms with van der Waals surface area (Å²) in [4.78, 5) is 23.9. The molecule has 0 aliphatic rings. The van der Waals surface area contributed by atoms with E-state index in [9.17, 15) is 14.7 Å². The van der Waals surface area contributed by atoms with E-state index in [1.54, 1.807) is 31.2 Å². The predicted octanol–water partition coefficient (Wildman–Crippen LogP) is 1.79. The molecule has 0 aliphatic carbocycles. The molecular formula is C19H26N2O6. The van der Waals surface area contributed by atoms with Crippen molar-refractivity contribution in [1.82, 2.24) is 5.32 Å². The van der Waals surface area contributed by atoms with Crippen LogP contribution in [-0.4, -0.2) is 56.2 Å². The van der Waals surface area contributed by atoms with E-state index in [1.807, 2.05) is 13.0 Å². The smallest absolute Gasteiger partial charge is 0.308 e. The molecule has 0 heterocycles. The van der Waals surface area contributed by atoms with Gasteiger partial charge in [0.1, 0.15) is 6.79 Å². The summed E-state index contributed by atoms with van der Waals surface area (Å²) in [7, 11) is 0. The third kappa shape index (κ3) is 8.64. The van der Waals surface area contributed by atoms with Crippen molar-refractivity contribution < 1.29 is 28.9 Å². The highest BCUT2D eigenvalue weighted by Gasteiger charge is 2.24. The molecule has 0 saturated heterocycles. The van der Waals surface area contributed by atoms with Gasteiger partial charge in [0.2, 0.25) is 0 Å². The quantitative estimate of drug-likeness (QED) is 0.397. The number of amides is 1. The minimum atomic E-state index is -0.995. The molecule has 0 spiro atoms. The zero-order chi connectivity index (χ0) is 20.1. The van der Waals surface area contributed by atoms with E-state index in [0.29, 0.717) is 24.3 Å². The van der Waals surface area contributed by atoms with E-state index in [0.717, 1.165) is 0 Å². The second kappa shape index (κ2) is 12.8. The monoisotopic (exact) mass is 378 g/mol. The minimum Gasteiger partial charge on any atom is -0.481 e. The van der Waals surface area contributed by atoms with Gasteiger partial charge in [0.05, 0.1) is 36.8 Å². The van der Waals surface area contributed by atoms with Crippen LogP contribution in [0.4, 0.5) is 0 Å². The van der Waals surface area contributed by atoms with E-state index >= 15 is 0 Å². The van der Waals surface area contributed by atoms with E-state index in [4.69, 9.17) is 19.5 Å². The van der Waals surface area contributed by atoms with Crippen molar-refractivity contribution >= 4 is 11.9 Å². The lowest BCUT2D eigenvalue weighted by Crippen LogP contribution is -2.41. The molecule has 2 atom stereocenters. The van der Waals surface area contributed by atoms with Crippen LogP contribution in [0.25, 0.3) is 0 Å². The Kier molecular flexibility index (Phi) is 10.7. The molecule has 0 radical (unpaired) electrons. The van der Waals surface area contributed by atoms with Crippen molar-refractivity contribution in [3.63, 3.8) is 0 Å². The number of benzene rings is 1. The van der Waals surface area contributed by atoms with Gasteiger partial charge in [-0.2, -0.15) is 5.26 Å². The molecule has 1 aromatic carbocycles. The van der Waals surface area contributed by atoms with Gasteiger partial charge in [-0.05, 0) is 44.5 Å². The van der Waals surface area contributed by atoms with Crippen molar-refractivity contribution in [1.29, 1.82) is 5.26 Å². The highest BCUT2D eigenvalue weighted by atomic mass is 16.7. The summed E-state index contributed by atoms with van der Waals surface area (Å²) >= 11 is 0. The molecule has 8 nitrogen and oxygen atoms in total. The molecule has 2 N–H and O–H groups in total. The van der Waals surface area contributed by atoms with Crippen molar-refractivity contribution in [3.05, 3.63) is 35.4 Å². The maximum Gasteiger partial charge on any atom is 0.308 e. The van der Waals surface area contributed by atoms with E-state index in [1.165, 1.54) is 0 Å². The van der Waals surface area contributed by atoms with Crippen LogP contribution in [0, 0.1) is 17.2 Å². The van der Waals surface area contributed by atoms with Crippen LogP contribution in [-0.2, 0) is 19.0 Å². The molecule has 1 aromatic rings. The second-order valence-electron chi connectivity index (χ2n) is 5.77. The Bertz CT molecular complexity index is 626. The Morgan fingerprint density at radius 2 is 1.78 bits per heavy atom. The Morgan fingerprint density at radius 1 is 1.11 bits per heavy atom. The number of nitriles is 1. The molecule has 1 amide bonds. The number of carboxylic acid groups (broad SMARTS) is 1. The zero-order valence-electron chi connectivity index (χ0n) is 15.6. The topological polar surface area (TPSA) is 118 Å². The lowest BCUT2D eigenvalue weighted by molar-refractivity contribution is -0.144. The average molecular weight is 378 g/mol. The van der Waals surface area contributed by atoms with Gasteiger partial charge in [-0.1, -0.05) is 0 Å². The molecule has 0 aromatic heterocycles. The number of carbonyl (C=O) groups is 2. The highest BCUT2D eigenvalue weighted by molar-refractivity contribution is 5.94. The molecular weight excluding hydrogens is 352 g/mol. The average Bonchev–Trinajstić information content (AvgIpc) is 2.67. The van der Waals surface area contributed by atoms with Crippen molar-refractivity contribution in [3.8, 4) is 6.07 Å². The molecule has 27 heavy (non-hydrogen) atoms. The van der Waals surface area contributed by atoms with Crippen LogP contribution >= 0.6 is 0 Å². The number of carboxylic acids is 1. The standard InChI is InChI=1S/C19H26N2O6/c1-3-25-11-16(19(23)24)9-17(12-27-13-26-4-2)21-18(22)15-7-5-14(10-20)6-8-15/h5-8,16-17H,3-4,9,11-13H2,1-2H3,(H,21,22)(H,23,24). The summed E-state index contributed by atoms with van der Waals surface area (Å²) in [5.41, 5.74) is 0.825. The Hall–Kier alpha value is -2.47. The Balaban J connectivity index is 2.77. The van der Waals surface area contributed by atoms with Gasteiger partial charge >= 0.3 is 5.97 Å². The highest BCUT2D eigenvalue weighted by Crippen LogP contribution is 2.11. The Labute approximate surface area is 159 Å². The van der Waals surface area contributed by atoms with Crippen LogP contribution in [0.1, 0.15) is 36.2 Å². The van der Waals surface area contributed by atoms with Gasteiger partial charge in [0.25, 0.3) is 5.91 Å². The summed E-state index contributed by atoms with van der Waals surface area (Å²) in [5, 5.41) is 21.0. The zero-order valence-corrected chi connectivity index (χ0v) is 15.6. The molecule has 0 fully saturated rings. The third-order valence-electron chi connectivity index (χ3n) is 3.74. The lowest BCUT2D eigenvalue weighted by Gasteiger charge is -2.22. The molecule has 0 bridgehead atoms. The fourth-order valence-corrected chi connectivity index (χ4v) is 2.31. The van der Waals surface area contributed by atoms with Gasteiger partial charge < -0.3 is 24.6 Å². The maximum absolute atomic E-state index is 12.4. The first-order chi connectivity index (χ1) is 13.0. The fraction of sp³-hybridized carbons (Fsp3) is 0.526. The first-order valence-corrected chi connectivity index (χ1v) is 8.78. The lowest BCUT2D eigenvalue weighted by atomic mass is 10.0. The van der Waals surface area contributed by atoms with E-state index in [-0.39, 0.29) is 32.3 Å². The molecule has 8 heteroatoms. The number of nitrogens with one attached hydrogen (secondary N) is 1. The normalized spacial score (nSPS) is 12.8. The van der Waals surface area contributed by atoms with Crippen molar-refractivity contribution in [2.24, 2.45) is 5.92 Å². The van der Waals surface area contributed by atoms with Gasteiger partial charge in [-0.3, -0.25) is 9.59 Å². The summed E-state index contributed by atoms with van der Waals surface area (Å²) in [5.74, 6) is -2.14. The number of rotatable bonds is 13. The largest absolute Gasteiger partial charge is 0.481 e. The second-order valence-corrected chi connectivity index (χ2v) is 5.77. The third-order valence-corrected chi connectivity index (χ3v) is 3.74. The first kappa shape index (κ1) is 22.6. The van der Waals surface area contributed by atoms with Crippen LogP contribution < -0.4 is 5.32 Å². The van der Waals surface area contributed by atoms with E-state index < -0.39 is 17.9 Å². The van der Waals surface area contributed by atoms with Crippen molar-refractivity contribution in [2.45, 2.75) is 26.3 Å².